The van der Waals surface area contributed by atoms with Crippen molar-refractivity contribution in [2.24, 2.45) is 0 Å². The van der Waals surface area contributed by atoms with Crippen molar-refractivity contribution < 1.29 is 12.8 Å². The number of sulfonamides is 1. The zero-order valence-corrected chi connectivity index (χ0v) is 13.0. The van der Waals surface area contributed by atoms with Crippen molar-refractivity contribution in [1.82, 2.24) is 4.72 Å². The third-order valence-electron chi connectivity index (χ3n) is 2.76. The molecule has 0 radical (unpaired) electrons. The fourth-order valence-electron chi connectivity index (χ4n) is 1.73. The molecule has 0 aliphatic heterocycles. The Hall–Kier alpha value is -1.37. The van der Waals surface area contributed by atoms with Crippen LogP contribution in [0, 0.1) is 5.82 Å². The van der Waals surface area contributed by atoms with Crippen LogP contribution in [0.1, 0.15) is 5.56 Å². The normalized spacial score (nSPS) is 11.5. The summed E-state index contributed by atoms with van der Waals surface area (Å²) in [7, 11) is -3.63. The van der Waals surface area contributed by atoms with Gasteiger partial charge in [0.25, 0.3) is 0 Å². The number of hydrogen-bond acceptors (Lipinski definition) is 3. The van der Waals surface area contributed by atoms with Crippen molar-refractivity contribution in [2.75, 3.05) is 12.3 Å². The van der Waals surface area contributed by atoms with E-state index in [1.54, 1.807) is 11.8 Å². The fraction of sp³-hybridized carbons (Fsp3) is 0.200. The molecule has 0 aliphatic rings. The van der Waals surface area contributed by atoms with Crippen LogP contribution in [0.4, 0.5) is 4.39 Å². The van der Waals surface area contributed by atoms with Crippen LogP contribution >= 0.6 is 11.8 Å². The van der Waals surface area contributed by atoms with Crippen molar-refractivity contribution in [3.8, 4) is 0 Å². The lowest BCUT2D eigenvalue weighted by Gasteiger charge is -2.07. The molecule has 0 heterocycles. The van der Waals surface area contributed by atoms with Crippen LogP contribution in [0.15, 0.2) is 59.5 Å². The van der Waals surface area contributed by atoms with E-state index in [4.69, 9.17) is 0 Å². The predicted molar refractivity (Wildman–Crippen MR) is 84.2 cm³/mol. The summed E-state index contributed by atoms with van der Waals surface area (Å²) in [6, 6.07) is 15.0. The second kappa shape index (κ2) is 7.59. The maximum atomic E-state index is 13.0. The molecule has 0 fully saturated rings. The lowest BCUT2D eigenvalue weighted by Crippen LogP contribution is -2.26. The van der Waals surface area contributed by atoms with Gasteiger partial charge in [-0.15, -0.1) is 0 Å². The van der Waals surface area contributed by atoms with Crippen LogP contribution in [0.25, 0.3) is 0 Å². The van der Waals surface area contributed by atoms with Crippen molar-refractivity contribution in [1.29, 1.82) is 0 Å². The Labute approximate surface area is 128 Å². The SMILES string of the molecule is O=S(=O)(NCCSCc1ccccc1)c1cccc(F)c1. The van der Waals surface area contributed by atoms with Crippen LogP contribution in [0.5, 0.6) is 0 Å². The molecule has 0 spiro atoms. The van der Waals surface area contributed by atoms with Gasteiger partial charge < -0.3 is 0 Å². The van der Waals surface area contributed by atoms with Crippen molar-refractivity contribution >= 4 is 21.8 Å². The molecule has 0 amide bonds. The van der Waals surface area contributed by atoms with E-state index in [0.29, 0.717) is 12.3 Å². The first-order valence-electron chi connectivity index (χ1n) is 6.45. The van der Waals surface area contributed by atoms with Crippen LogP contribution in [0.3, 0.4) is 0 Å². The summed E-state index contributed by atoms with van der Waals surface area (Å²) in [5.41, 5.74) is 1.20. The highest BCUT2D eigenvalue weighted by Crippen LogP contribution is 2.12. The van der Waals surface area contributed by atoms with Gasteiger partial charge >= 0.3 is 0 Å². The monoisotopic (exact) mass is 325 g/mol. The van der Waals surface area contributed by atoms with Gasteiger partial charge in [-0.1, -0.05) is 36.4 Å². The van der Waals surface area contributed by atoms with Crippen LogP contribution in [-0.2, 0) is 15.8 Å². The minimum absolute atomic E-state index is 0.0458. The number of rotatable bonds is 7. The van der Waals surface area contributed by atoms with Crippen LogP contribution < -0.4 is 4.72 Å². The van der Waals surface area contributed by atoms with Crippen LogP contribution in [-0.4, -0.2) is 20.7 Å². The zero-order valence-electron chi connectivity index (χ0n) is 11.3. The molecule has 6 heteroatoms. The number of thioether (sulfide) groups is 1. The van der Waals surface area contributed by atoms with E-state index in [1.165, 1.54) is 23.8 Å². The summed E-state index contributed by atoms with van der Waals surface area (Å²) in [5.74, 6) is 0.933. The van der Waals surface area contributed by atoms with E-state index >= 15 is 0 Å². The number of hydrogen-bond donors (Lipinski definition) is 1. The fourth-order valence-corrected chi connectivity index (χ4v) is 3.74. The molecular weight excluding hydrogens is 309 g/mol. The molecule has 112 valence electrons. The minimum atomic E-state index is -3.63. The van der Waals surface area contributed by atoms with Crippen molar-refractivity contribution in [3.63, 3.8) is 0 Å². The summed E-state index contributed by atoms with van der Waals surface area (Å²) in [6.45, 7) is 0.316. The van der Waals surface area contributed by atoms with E-state index in [2.05, 4.69) is 4.72 Å². The number of nitrogens with one attached hydrogen (secondary N) is 1. The van der Waals surface area contributed by atoms with E-state index in [0.717, 1.165) is 11.8 Å². The Kier molecular flexibility index (Phi) is 5.78. The van der Waals surface area contributed by atoms with Gasteiger partial charge in [0.15, 0.2) is 0 Å². The largest absolute Gasteiger partial charge is 0.240 e. The molecule has 0 bridgehead atoms. The highest BCUT2D eigenvalue weighted by atomic mass is 32.2. The molecule has 0 atom stereocenters. The van der Waals surface area contributed by atoms with E-state index in [-0.39, 0.29) is 4.90 Å². The Morgan fingerprint density at radius 2 is 1.81 bits per heavy atom. The number of halogens is 1. The lowest BCUT2D eigenvalue weighted by atomic mass is 10.2. The Morgan fingerprint density at radius 1 is 1.05 bits per heavy atom. The molecule has 2 rings (SSSR count). The van der Waals surface area contributed by atoms with Gasteiger partial charge in [0.2, 0.25) is 10.0 Å². The lowest BCUT2D eigenvalue weighted by molar-refractivity contribution is 0.580. The van der Waals surface area contributed by atoms with Gasteiger partial charge in [0.1, 0.15) is 5.82 Å². The second-order valence-electron chi connectivity index (χ2n) is 4.39. The quantitative estimate of drug-likeness (QED) is 0.796. The maximum absolute atomic E-state index is 13.0. The van der Waals surface area contributed by atoms with Gasteiger partial charge in [-0.25, -0.2) is 17.5 Å². The molecule has 0 aromatic heterocycles. The first-order chi connectivity index (χ1) is 10.1. The topological polar surface area (TPSA) is 46.2 Å². The highest BCUT2D eigenvalue weighted by Gasteiger charge is 2.13. The molecule has 1 N–H and O–H groups in total. The summed E-state index contributed by atoms with van der Waals surface area (Å²) < 4.78 is 39.4. The second-order valence-corrected chi connectivity index (χ2v) is 7.27. The number of benzene rings is 2. The summed E-state index contributed by atoms with van der Waals surface area (Å²) in [6.07, 6.45) is 0. The molecule has 0 aliphatic carbocycles. The van der Waals surface area contributed by atoms with Crippen molar-refractivity contribution in [3.05, 3.63) is 66.0 Å². The Morgan fingerprint density at radius 3 is 2.52 bits per heavy atom. The molecule has 0 unspecified atom stereocenters. The standard InChI is InChI=1S/C15H16FNO2S2/c16-14-7-4-8-15(11-14)21(18,19)17-9-10-20-12-13-5-2-1-3-6-13/h1-8,11,17H,9-10,12H2. The Balaban J connectivity index is 1.78. The first kappa shape index (κ1) is 16.0. The average Bonchev–Trinajstić information content (AvgIpc) is 2.48. The summed E-state index contributed by atoms with van der Waals surface area (Å²) in [4.78, 5) is -0.0458. The average molecular weight is 325 g/mol. The molecule has 2 aromatic rings. The molecule has 0 saturated carbocycles. The zero-order chi connectivity index (χ0) is 15.1. The third kappa shape index (κ3) is 5.15. The Bertz CT molecular complexity index is 675. The molecule has 21 heavy (non-hydrogen) atoms. The molecule has 2 aromatic carbocycles. The van der Waals surface area contributed by atoms with E-state index in [9.17, 15) is 12.8 Å². The predicted octanol–water partition coefficient (Wildman–Crippen LogP) is 3.04. The molecular formula is C15H16FNO2S2. The van der Waals surface area contributed by atoms with Crippen LogP contribution in [0.2, 0.25) is 0 Å². The van der Waals surface area contributed by atoms with Gasteiger partial charge in [-0.2, -0.15) is 11.8 Å². The molecule has 3 nitrogen and oxygen atoms in total. The van der Waals surface area contributed by atoms with Gasteiger partial charge in [-0.05, 0) is 23.8 Å². The third-order valence-corrected chi connectivity index (χ3v) is 5.25. The highest BCUT2D eigenvalue weighted by molar-refractivity contribution is 7.98. The van der Waals surface area contributed by atoms with Crippen molar-refractivity contribution in [2.45, 2.75) is 10.6 Å². The smallest absolute Gasteiger partial charge is 0.210 e. The summed E-state index contributed by atoms with van der Waals surface area (Å²) in [5, 5.41) is 0. The first-order valence-corrected chi connectivity index (χ1v) is 9.08. The van der Waals surface area contributed by atoms with Gasteiger partial charge in [0, 0.05) is 18.1 Å². The maximum Gasteiger partial charge on any atom is 0.240 e. The van der Waals surface area contributed by atoms with E-state index in [1.807, 2.05) is 30.3 Å². The molecule has 0 saturated heterocycles. The minimum Gasteiger partial charge on any atom is -0.210 e. The summed E-state index contributed by atoms with van der Waals surface area (Å²) >= 11 is 1.64. The van der Waals surface area contributed by atoms with Gasteiger partial charge in [0.05, 0.1) is 4.90 Å². The van der Waals surface area contributed by atoms with Gasteiger partial charge in [-0.3, -0.25) is 0 Å². The van der Waals surface area contributed by atoms with E-state index < -0.39 is 15.8 Å².